The van der Waals surface area contributed by atoms with Gasteiger partial charge in [-0.3, -0.25) is 0 Å². The van der Waals surface area contributed by atoms with Gasteiger partial charge >= 0.3 is 0 Å². The second-order valence-corrected chi connectivity index (χ2v) is 5.38. The molecule has 78 valence electrons. The highest BCUT2D eigenvalue weighted by Crippen LogP contribution is 2.16. The fourth-order valence-electron chi connectivity index (χ4n) is 1.43. The van der Waals surface area contributed by atoms with Crippen molar-refractivity contribution in [3.63, 3.8) is 0 Å². The highest BCUT2D eigenvalue weighted by atomic mass is 32.2. The fourth-order valence-corrected chi connectivity index (χ4v) is 2.63. The number of hydrogen-bond donors (Lipinski definition) is 0. The molecule has 1 saturated heterocycles. The van der Waals surface area contributed by atoms with Gasteiger partial charge in [0, 0.05) is 18.8 Å². The molecule has 2 atom stereocenters. The first kappa shape index (κ1) is 11.1. The van der Waals surface area contributed by atoms with Crippen LogP contribution in [0.2, 0.25) is 0 Å². The highest BCUT2D eigenvalue weighted by Gasteiger charge is 2.24. The van der Waals surface area contributed by atoms with Crippen molar-refractivity contribution in [2.24, 2.45) is 0 Å². The standard InChI is InChI=1S/C9H19NO2S/c1-8(2)12-7-9-5-4-6-13(11)10(9)3/h8-9H,4-7H2,1-3H3. The molecule has 1 rings (SSSR count). The van der Waals surface area contributed by atoms with Crippen LogP contribution in [0.4, 0.5) is 0 Å². The summed E-state index contributed by atoms with van der Waals surface area (Å²) in [6.07, 6.45) is 2.43. The van der Waals surface area contributed by atoms with E-state index in [0.717, 1.165) is 18.6 Å². The number of hydrogen-bond acceptors (Lipinski definition) is 2. The van der Waals surface area contributed by atoms with Crippen LogP contribution in [0.3, 0.4) is 0 Å². The van der Waals surface area contributed by atoms with E-state index in [1.807, 2.05) is 25.2 Å². The molecular formula is C9H19NO2S. The predicted molar refractivity (Wildman–Crippen MR) is 54.9 cm³/mol. The third-order valence-electron chi connectivity index (χ3n) is 2.31. The summed E-state index contributed by atoms with van der Waals surface area (Å²) in [6, 6.07) is 0.344. The van der Waals surface area contributed by atoms with E-state index in [1.54, 1.807) is 0 Å². The molecule has 13 heavy (non-hydrogen) atoms. The maximum atomic E-state index is 11.4. The van der Waals surface area contributed by atoms with Gasteiger partial charge in [0.1, 0.15) is 0 Å². The summed E-state index contributed by atoms with van der Waals surface area (Å²) < 4.78 is 18.9. The molecule has 0 radical (unpaired) electrons. The largest absolute Gasteiger partial charge is 0.377 e. The zero-order chi connectivity index (χ0) is 9.84. The average Bonchev–Trinajstić information content (AvgIpc) is 2.07. The maximum absolute atomic E-state index is 11.4. The summed E-state index contributed by atoms with van der Waals surface area (Å²) >= 11 is 0. The lowest BCUT2D eigenvalue weighted by Gasteiger charge is -2.31. The van der Waals surface area contributed by atoms with Crippen LogP contribution in [0, 0.1) is 0 Å². The van der Waals surface area contributed by atoms with Crippen LogP contribution in [0.25, 0.3) is 0 Å². The average molecular weight is 205 g/mol. The van der Waals surface area contributed by atoms with E-state index in [2.05, 4.69) is 0 Å². The van der Waals surface area contributed by atoms with E-state index in [0.29, 0.717) is 12.6 Å². The van der Waals surface area contributed by atoms with E-state index < -0.39 is 11.0 Å². The Balaban J connectivity index is 2.35. The zero-order valence-electron chi connectivity index (χ0n) is 8.66. The summed E-state index contributed by atoms with van der Waals surface area (Å²) in [5.74, 6) is 0.814. The Labute approximate surface area is 83.0 Å². The number of ether oxygens (including phenoxy) is 1. The lowest BCUT2D eigenvalue weighted by molar-refractivity contribution is 0.0457. The second-order valence-electron chi connectivity index (χ2n) is 3.75. The molecule has 0 N–H and O–H groups in total. The Morgan fingerprint density at radius 2 is 2.31 bits per heavy atom. The van der Waals surface area contributed by atoms with E-state index >= 15 is 0 Å². The third-order valence-corrected chi connectivity index (χ3v) is 3.89. The van der Waals surface area contributed by atoms with Crippen molar-refractivity contribution in [2.75, 3.05) is 19.4 Å². The molecule has 2 unspecified atom stereocenters. The molecule has 0 aromatic rings. The van der Waals surface area contributed by atoms with Gasteiger partial charge in [-0.15, -0.1) is 0 Å². The Hall–Kier alpha value is 0.0700. The van der Waals surface area contributed by atoms with Crippen LogP contribution in [0.15, 0.2) is 0 Å². The first-order valence-electron chi connectivity index (χ1n) is 4.84. The van der Waals surface area contributed by atoms with Crippen molar-refractivity contribution in [1.29, 1.82) is 0 Å². The summed E-state index contributed by atoms with van der Waals surface area (Å²) in [4.78, 5) is 0. The molecule has 1 fully saturated rings. The van der Waals surface area contributed by atoms with Crippen LogP contribution in [-0.4, -0.2) is 40.1 Å². The van der Waals surface area contributed by atoms with Crippen LogP contribution < -0.4 is 0 Å². The van der Waals surface area contributed by atoms with Gasteiger partial charge in [-0.25, -0.2) is 8.51 Å². The molecule has 1 heterocycles. The SMILES string of the molecule is CC(C)OCC1CCCS(=O)N1C. The van der Waals surface area contributed by atoms with Gasteiger partial charge in [-0.2, -0.15) is 0 Å². The molecule has 3 nitrogen and oxygen atoms in total. The van der Waals surface area contributed by atoms with Gasteiger partial charge in [-0.05, 0) is 26.7 Å². The Morgan fingerprint density at radius 3 is 2.92 bits per heavy atom. The van der Waals surface area contributed by atoms with Crippen molar-refractivity contribution < 1.29 is 8.95 Å². The van der Waals surface area contributed by atoms with Gasteiger partial charge in [-0.1, -0.05) is 0 Å². The Kier molecular flexibility index (Phi) is 4.35. The Morgan fingerprint density at radius 1 is 1.62 bits per heavy atom. The van der Waals surface area contributed by atoms with Gasteiger partial charge in [0.05, 0.1) is 23.7 Å². The summed E-state index contributed by atoms with van der Waals surface area (Å²) in [5, 5.41) is 0. The molecule has 0 amide bonds. The van der Waals surface area contributed by atoms with E-state index in [9.17, 15) is 4.21 Å². The summed E-state index contributed by atoms with van der Waals surface area (Å²) in [6.45, 7) is 4.76. The molecule has 0 aromatic heterocycles. The van der Waals surface area contributed by atoms with Crippen LogP contribution >= 0.6 is 0 Å². The van der Waals surface area contributed by atoms with Gasteiger partial charge in [0.15, 0.2) is 0 Å². The summed E-state index contributed by atoms with van der Waals surface area (Å²) in [5.41, 5.74) is 0. The van der Waals surface area contributed by atoms with Gasteiger partial charge in [0.2, 0.25) is 0 Å². The smallest absolute Gasteiger partial charge is 0.0943 e. The molecular weight excluding hydrogens is 186 g/mol. The third kappa shape index (κ3) is 3.37. The highest BCUT2D eigenvalue weighted by molar-refractivity contribution is 7.82. The Bertz CT molecular complexity index is 184. The molecule has 0 bridgehead atoms. The number of likely N-dealkylation sites (N-methyl/N-ethyl adjacent to an activating group) is 1. The van der Waals surface area contributed by atoms with E-state index in [4.69, 9.17) is 4.74 Å². The van der Waals surface area contributed by atoms with E-state index in [-0.39, 0.29) is 6.10 Å². The molecule has 0 spiro atoms. The quantitative estimate of drug-likeness (QED) is 0.692. The van der Waals surface area contributed by atoms with Crippen molar-refractivity contribution in [1.82, 2.24) is 4.31 Å². The van der Waals surface area contributed by atoms with Crippen molar-refractivity contribution in [2.45, 2.75) is 38.8 Å². The number of rotatable bonds is 3. The molecule has 0 saturated carbocycles. The van der Waals surface area contributed by atoms with Crippen LogP contribution in [-0.2, 0) is 15.7 Å². The topological polar surface area (TPSA) is 29.5 Å². The first-order chi connectivity index (χ1) is 6.11. The van der Waals surface area contributed by atoms with Crippen molar-refractivity contribution in [3.8, 4) is 0 Å². The van der Waals surface area contributed by atoms with Crippen LogP contribution in [0.5, 0.6) is 0 Å². The minimum atomic E-state index is -0.776. The monoisotopic (exact) mass is 205 g/mol. The molecule has 0 aliphatic carbocycles. The second kappa shape index (κ2) is 5.08. The molecule has 4 heteroatoms. The van der Waals surface area contributed by atoms with Gasteiger partial charge < -0.3 is 4.74 Å². The first-order valence-corrected chi connectivity index (χ1v) is 6.11. The predicted octanol–water partition coefficient (Wildman–Crippen LogP) is 1.17. The van der Waals surface area contributed by atoms with Gasteiger partial charge in [0.25, 0.3) is 0 Å². The fraction of sp³-hybridized carbons (Fsp3) is 1.00. The minimum absolute atomic E-state index is 0.267. The number of nitrogens with zero attached hydrogens (tertiary/aromatic N) is 1. The lowest BCUT2D eigenvalue weighted by atomic mass is 10.2. The zero-order valence-corrected chi connectivity index (χ0v) is 9.47. The van der Waals surface area contributed by atoms with E-state index in [1.165, 1.54) is 0 Å². The lowest BCUT2D eigenvalue weighted by Crippen LogP contribution is -2.42. The normalized spacial score (nSPS) is 31.1. The van der Waals surface area contributed by atoms with Crippen LogP contribution in [0.1, 0.15) is 26.7 Å². The maximum Gasteiger partial charge on any atom is 0.0943 e. The molecule has 1 aliphatic rings. The molecule has 0 aromatic carbocycles. The summed E-state index contributed by atoms with van der Waals surface area (Å²) in [7, 11) is 1.14. The van der Waals surface area contributed by atoms with Crippen molar-refractivity contribution >= 4 is 11.0 Å². The van der Waals surface area contributed by atoms with Crippen molar-refractivity contribution in [3.05, 3.63) is 0 Å². The minimum Gasteiger partial charge on any atom is -0.377 e. The molecule has 1 aliphatic heterocycles.